The van der Waals surface area contributed by atoms with Gasteiger partial charge in [-0.05, 0) is 57.9 Å². The standard InChI is InChI=1S/C22H27FN6/c1-22(2)11-17(5-9-25-22)29-13-15(12-26-29)18-6-8-24-19-3-4-20(27-21(18)19)28-10-7-16(23)14-28/h3-4,6,8,12-13,16-17,25H,5,7,9-11,14H2,1-2H3/t16-,17?/m0/s1. The zero-order valence-corrected chi connectivity index (χ0v) is 17.0. The van der Waals surface area contributed by atoms with Crippen LogP contribution in [-0.4, -0.2) is 51.1 Å². The number of nitrogens with zero attached hydrogens (tertiary/aromatic N) is 5. The van der Waals surface area contributed by atoms with Gasteiger partial charge in [-0.1, -0.05) is 0 Å². The Labute approximate surface area is 170 Å². The van der Waals surface area contributed by atoms with E-state index >= 15 is 0 Å². The Morgan fingerprint density at radius 1 is 1.21 bits per heavy atom. The summed E-state index contributed by atoms with van der Waals surface area (Å²) in [5, 5.41) is 8.25. The molecule has 3 aromatic rings. The highest BCUT2D eigenvalue weighted by molar-refractivity contribution is 5.91. The first-order chi connectivity index (χ1) is 14.0. The Morgan fingerprint density at radius 2 is 2.10 bits per heavy atom. The second kappa shape index (κ2) is 7.06. The normalized spacial score (nSPS) is 24.3. The molecule has 0 aromatic carbocycles. The van der Waals surface area contributed by atoms with Gasteiger partial charge in [-0.3, -0.25) is 9.67 Å². The number of pyridine rings is 2. The minimum atomic E-state index is -0.770. The summed E-state index contributed by atoms with van der Waals surface area (Å²) >= 11 is 0. The molecule has 29 heavy (non-hydrogen) atoms. The van der Waals surface area contributed by atoms with Crippen LogP contribution in [0.3, 0.4) is 0 Å². The molecule has 7 heteroatoms. The van der Waals surface area contributed by atoms with Gasteiger partial charge >= 0.3 is 0 Å². The highest BCUT2D eigenvalue weighted by atomic mass is 19.1. The van der Waals surface area contributed by atoms with Gasteiger partial charge in [-0.15, -0.1) is 0 Å². The number of nitrogens with one attached hydrogen (secondary N) is 1. The molecule has 0 bridgehead atoms. The van der Waals surface area contributed by atoms with Crippen LogP contribution < -0.4 is 10.2 Å². The van der Waals surface area contributed by atoms with E-state index in [2.05, 4.69) is 40.1 Å². The van der Waals surface area contributed by atoms with Crippen LogP contribution in [0.5, 0.6) is 0 Å². The largest absolute Gasteiger partial charge is 0.354 e. The number of anilines is 1. The van der Waals surface area contributed by atoms with Crippen LogP contribution in [0, 0.1) is 0 Å². The monoisotopic (exact) mass is 394 g/mol. The number of alkyl halides is 1. The Bertz CT molecular complexity index is 1030. The van der Waals surface area contributed by atoms with Crippen molar-refractivity contribution in [2.45, 2.75) is 50.9 Å². The van der Waals surface area contributed by atoms with Gasteiger partial charge in [0.15, 0.2) is 0 Å². The Kier molecular flexibility index (Phi) is 4.50. The summed E-state index contributed by atoms with van der Waals surface area (Å²) in [5.74, 6) is 0.819. The second-order valence-electron chi connectivity index (χ2n) is 8.89. The molecule has 1 unspecified atom stereocenters. The minimum absolute atomic E-state index is 0.124. The summed E-state index contributed by atoms with van der Waals surface area (Å²) in [4.78, 5) is 11.4. The van der Waals surface area contributed by atoms with Crippen molar-refractivity contribution < 1.29 is 4.39 Å². The highest BCUT2D eigenvalue weighted by Crippen LogP contribution is 2.32. The number of halogens is 1. The Balaban J connectivity index is 1.49. The topological polar surface area (TPSA) is 58.9 Å². The molecule has 5 heterocycles. The van der Waals surface area contributed by atoms with Crippen LogP contribution in [0.1, 0.15) is 39.2 Å². The average molecular weight is 394 g/mol. The van der Waals surface area contributed by atoms with E-state index in [-0.39, 0.29) is 5.54 Å². The predicted octanol–water partition coefficient (Wildman–Crippen LogP) is 3.74. The third kappa shape index (κ3) is 3.59. The molecule has 0 amide bonds. The number of fused-ring (bicyclic) bond motifs is 1. The molecule has 2 fully saturated rings. The molecule has 3 aromatic heterocycles. The highest BCUT2D eigenvalue weighted by Gasteiger charge is 2.29. The van der Waals surface area contributed by atoms with Crippen LogP contribution >= 0.6 is 0 Å². The maximum absolute atomic E-state index is 13.7. The first-order valence-corrected chi connectivity index (χ1v) is 10.4. The van der Waals surface area contributed by atoms with E-state index in [9.17, 15) is 4.39 Å². The quantitative estimate of drug-likeness (QED) is 0.733. The lowest BCUT2D eigenvalue weighted by Gasteiger charge is -2.36. The van der Waals surface area contributed by atoms with Gasteiger partial charge in [-0.25, -0.2) is 9.37 Å². The van der Waals surface area contributed by atoms with Crippen molar-refractivity contribution in [1.29, 1.82) is 0 Å². The van der Waals surface area contributed by atoms with E-state index in [4.69, 9.17) is 4.98 Å². The van der Waals surface area contributed by atoms with Gasteiger partial charge in [0.2, 0.25) is 0 Å². The van der Waals surface area contributed by atoms with E-state index in [1.165, 1.54) is 0 Å². The summed E-state index contributed by atoms with van der Waals surface area (Å²) in [6, 6.07) is 6.31. The van der Waals surface area contributed by atoms with Crippen LogP contribution in [0.4, 0.5) is 10.2 Å². The molecule has 0 radical (unpaired) electrons. The SMILES string of the molecule is CC1(C)CC(n2cc(-c3ccnc4ccc(N5CC[C@H](F)C5)nc34)cn2)CCN1. The molecule has 0 spiro atoms. The van der Waals surface area contributed by atoms with Gasteiger partial charge in [0, 0.05) is 35.6 Å². The van der Waals surface area contributed by atoms with Gasteiger partial charge in [0.1, 0.15) is 12.0 Å². The first-order valence-electron chi connectivity index (χ1n) is 10.4. The Morgan fingerprint density at radius 3 is 2.90 bits per heavy atom. The van der Waals surface area contributed by atoms with Crippen LogP contribution in [0.25, 0.3) is 22.2 Å². The average Bonchev–Trinajstić information content (AvgIpc) is 3.36. The maximum atomic E-state index is 13.7. The molecule has 2 saturated heterocycles. The number of hydrogen-bond acceptors (Lipinski definition) is 5. The van der Waals surface area contributed by atoms with Crippen LogP contribution in [-0.2, 0) is 0 Å². The fraction of sp³-hybridized carbons (Fsp3) is 0.500. The summed E-state index contributed by atoms with van der Waals surface area (Å²) in [6.07, 6.45) is 7.79. The van der Waals surface area contributed by atoms with Gasteiger partial charge in [0.25, 0.3) is 0 Å². The summed E-state index contributed by atoms with van der Waals surface area (Å²) in [5.41, 5.74) is 3.88. The van der Waals surface area contributed by atoms with Crippen LogP contribution in [0.15, 0.2) is 36.8 Å². The molecule has 2 aliphatic heterocycles. The molecule has 2 atom stereocenters. The van der Waals surface area contributed by atoms with Gasteiger partial charge < -0.3 is 10.2 Å². The summed E-state index contributed by atoms with van der Waals surface area (Å²) in [7, 11) is 0. The zero-order chi connectivity index (χ0) is 20.0. The molecule has 6 nitrogen and oxygen atoms in total. The summed E-state index contributed by atoms with van der Waals surface area (Å²) < 4.78 is 15.8. The van der Waals surface area contributed by atoms with Crippen molar-refractivity contribution in [1.82, 2.24) is 25.1 Å². The molecule has 2 aliphatic rings. The van der Waals surface area contributed by atoms with Crippen molar-refractivity contribution in [3.63, 3.8) is 0 Å². The molecule has 0 saturated carbocycles. The molecule has 152 valence electrons. The third-order valence-corrected chi connectivity index (χ3v) is 6.14. The molecule has 0 aliphatic carbocycles. The number of rotatable bonds is 3. The molecule has 5 rings (SSSR count). The zero-order valence-electron chi connectivity index (χ0n) is 17.0. The lowest BCUT2D eigenvalue weighted by Crippen LogP contribution is -2.46. The van der Waals surface area contributed by atoms with Crippen molar-refractivity contribution in [3.05, 3.63) is 36.8 Å². The number of aromatic nitrogens is 4. The van der Waals surface area contributed by atoms with E-state index in [1.54, 1.807) is 0 Å². The maximum Gasteiger partial charge on any atom is 0.129 e. The lowest BCUT2D eigenvalue weighted by atomic mass is 9.89. The fourth-order valence-corrected chi connectivity index (χ4v) is 4.59. The van der Waals surface area contributed by atoms with Crippen molar-refractivity contribution in [2.24, 2.45) is 0 Å². The Hall–Kier alpha value is -2.54. The molecular weight excluding hydrogens is 367 g/mol. The second-order valence-corrected chi connectivity index (χ2v) is 8.89. The van der Waals surface area contributed by atoms with E-state index in [1.807, 2.05) is 35.5 Å². The predicted molar refractivity (Wildman–Crippen MR) is 113 cm³/mol. The number of piperidine rings is 1. The van der Waals surface area contributed by atoms with Gasteiger partial charge in [0.05, 0.1) is 29.8 Å². The molecular formula is C22H27FN6. The fourth-order valence-electron chi connectivity index (χ4n) is 4.59. The van der Waals surface area contributed by atoms with Crippen molar-refractivity contribution in [2.75, 3.05) is 24.5 Å². The molecule has 1 N–H and O–H groups in total. The third-order valence-electron chi connectivity index (χ3n) is 6.14. The first kappa shape index (κ1) is 18.5. The smallest absolute Gasteiger partial charge is 0.129 e. The van der Waals surface area contributed by atoms with Crippen molar-refractivity contribution in [3.8, 4) is 11.1 Å². The lowest BCUT2D eigenvalue weighted by molar-refractivity contribution is 0.221. The minimum Gasteiger partial charge on any atom is -0.354 e. The van der Waals surface area contributed by atoms with Crippen LogP contribution in [0.2, 0.25) is 0 Å². The van der Waals surface area contributed by atoms with E-state index in [0.29, 0.717) is 25.6 Å². The van der Waals surface area contributed by atoms with E-state index < -0.39 is 6.17 Å². The van der Waals surface area contributed by atoms with E-state index in [0.717, 1.165) is 47.4 Å². The van der Waals surface area contributed by atoms with Crippen molar-refractivity contribution >= 4 is 16.9 Å². The number of hydrogen-bond donors (Lipinski definition) is 1. The summed E-state index contributed by atoms with van der Waals surface area (Å²) in [6.45, 7) is 6.61. The van der Waals surface area contributed by atoms with Gasteiger partial charge in [-0.2, -0.15) is 5.10 Å².